The van der Waals surface area contributed by atoms with Gasteiger partial charge in [0.2, 0.25) is 0 Å². The van der Waals surface area contributed by atoms with Crippen LogP contribution in [0.15, 0.2) is 29.2 Å². The van der Waals surface area contributed by atoms with E-state index in [0.29, 0.717) is 6.42 Å². The van der Waals surface area contributed by atoms with E-state index in [2.05, 4.69) is 5.32 Å². The van der Waals surface area contributed by atoms with E-state index in [4.69, 9.17) is 0 Å². The summed E-state index contributed by atoms with van der Waals surface area (Å²) >= 11 is 0. The fourth-order valence-electron chi connectivity index (χ4n) is 2.61. The van der Waals surface area contributed by atoms with Crippen LogP contribution in [-0.2, 0) is 9.84 Å². The number of hydrogen-bond acceptors (Lipinski definition) is 4. The molecule has 1 aliphatic carbocycles. The molecule has 0 bridgehead atoms. The van der Waals surface area contributed by atoms with E-state index >= 15 is 0 Å². The zero-order valence-corrected chi connectivity index (χ0v) is 12.9. The number of benzene rings is 1. The molecule has 116 valence electrons. The van der Waals surface area contributed by atoms with E-state index in [1.807, 2.05) is 0 Å². The van der Waals surface area contributed by atoms with Crippen molar-refractivity contribution in [3.8, 4) is 0 Å². The van der Waals surface area contributed by atoms with Gasteiger partial charge in [-0.2, -0.15) is 0 Å². The maximum atomic E-state index is 12.4. The van der Waals surface area contributed by atoms with Gasteiger partial charge in [-0.05, 0) is 25.0 Å². The Labute approximate surface area is 125 Å². The predicted molar refractivity (Wildman–Crippen MR) is 79.9 cm³/mol. The Morgan fingerprint density at radius 1 is 1.29 bits per heavy atom. The molecule has 0 spiro atoms. The zero-order valence-electron chi connectivity index (χ0n) is 12.1. The summed E-state index contributed by atoms with van der Waals surface area (Å²) in [7, 11) is -3.45. The Balaban J connectivity index is 2.24. The Bertz CT molecular complexity index is 612. The molecule has 1 saturated carbocycles. The highest BCUT2D eigenvalue weighted by Crippen LogP contribution is 2.21. The van der Waals surface area contributed by atoms with Crippen LogP contribution in [0.1, 0.15) is 43.0 Å². The lowest BCUT2D eigenvalue weighted by Crippen LogP contribution is -2.45. The van der Waals surface area contributed by atoms with Crippen molar-refractivity contribution in [2.75, 3.05) is 5.75 Å². The number of aliphatic hydroxyl groups is 1. The molecule has 0 radical (unpaired) electrons. The van der Waals surface area contributed by atoms with Gasteiger partial charge in [0.15, 0.2) is 9.84 Å². The summed E-state index contributed by atoms with van der Waals surface area (Å²) in [6, 6.07) is 5.90. The maximum Gasteiger partial charge on any atom is 0.252 e. The lowest BCUT2D eigenvalue weighted by atomic mass is 9.92. The summed E-state index contributed by atoms with van der Waals surface area (Å²) < 4.78 is 24.1. The van der Waals surface area contributed by atoms with Crippen LogP contribution in [0.2, 0.25) is 0 Å². The van der Waals surface area contributed by atoms with Gasteiger partial charge >= 0.3 is 0 Å². The van der Waals surface area contributed by atoms with Gasteiger partial charge < -0.3 is 10.4 Å². The fourth-order valence-corrected chi connectivity index (χ4v) is 3.70. The molecular formula is C15H21NO4S. The van der Waals surface area contributed by atoms with E-state index < -0.39 is 21.8 Å². The molecule has 1 aromatic rings. The number of carbonyl (C=O) groups excluding carboxylic acids is 1. The minimum Gasteiger partial charge on any atom is -0.391 e. The van der Waals surface area contributed by atoms with Crippen molar-refractivity contribution in [3.63, 3.8) is 0 Å². The van der Waals surface area contributed by atoms with E-state index in [1.54, 1.807) is 19.1 Å². The predicted octanol–water partition coefficient (Wildman–Crippen LogP) is 1.51. The number of amides is 1. The van der Waals surface area contributed by atoms with Crippen LogP contribution >= 0.6 is 0 Å². The Morgan fingerprint density at radius 2 is 1.95 bits per heavy atom. The van der Waals surface area contributed by atoms with Crippen molar-refractivity contribution >= 4 is 15.7 Å². The van der Waals surface area contributed by atoms with Gasteiger partial charge in [-0.25, -0.2) is 8.42 Å². The third kappa shape index (κ3) is 3.63. The second kappa shape index (κ2) is 6.58. The first-order chi connectivity index (χ1) is 9.95. The summed E-state index contributed by atoms with van der Waals surface area (Å²) in [6.07, 6.45) is 2.73. The summed E-state index contributed by atoms with van der Waals surface area (Å²) in [5, 5.41) is 12.7. The van der Waals surface area contributed by atoms with Crippen LogP contribution in [0.25, 0.3) is 0 Å². The SMILES string of the molecule is CCS(=O)(=O)c1ccccc1C(=O)N[C@H]1CCCC[C@@H]1O. The zero-order chi connectivity index (χ0) is 15.5. The van der Waals surface area contributed by atoms with E-state index in [0.717, 1.165) is 19.3 Å². The molecule has 1 aliphatic rings. The molecular weight excluding hydrogens is 290 g/mol. The average molecular weight is 311 g/mol. The summed E-state index contributed by atoms with van der Waals surface area (Å²) in [5.74, 6) is -0.489. The van der Waals surface area contributed by atoms with Gasteiger partial charge in [-0.1, -0.05) is 31.9 Å². The quantitative estimate of drug-likeness (QED) is 0.883. The minimum absolute atomic E-state index is 0.0512. The Morgan fingerprint density at radius 3 is 2.62 bits per heavy atom. The number of nitrogens with one attached hydrogen (secondary N) is 1. The first-order valence-electron chi connectivity index (χ1n) is 7.26. The van der Waals surface area contributed by atoms with Crippen LogP contribution in [0.4, 0.5) is 0 Å². The number of sulfone groups is 1. The fraction of sp³-hybridized carbons (Fsp3) is 0.533. The summed E-state index contributed by atoms with van der Waals surface area (Å²) in [5.41, 5.74) is 0.150. The van der Waals surface area contributed by atoms with Crippen LogP contribution in [0, 0.1) is 0 Å². The van der Waals surface area contributed by atoms with Gasteiger partial charge in [0.1, 0.15) is 0 Å². The van der Waals surface area contributed by atoms with Crippen molar-refractivity contribution in [3.05, 3.63) is 29.8 Å². The average Bonchev–Trinajstić information content (AvgIpc) is 2.49. The summed E-state index contributed by atoms with van der Waals surface area (Å²) in [4.78, 5) is 12.4. The molecule has 1 fully saturated rings. The van der Waals surface area contributed by atoms with Gasteiger partial charge in [0.05, 0.1) is 28.4 Å². The van der Waals surface area contributed by atoms with Crippen LogP contribution in [0.5, 0.6) is 0 Å². The number of aliphatic hydroxyl groups excluding tert-OH is 1. The topological polar surface area (TPSA) is 83.5 Å². The smallest absolute Gasteiger partial charge is 0.252 e. The molecule has 1 amide bonds. The second-order valence-corrected chi connectivity index (χ2v) is 7.58. The highest BCUT2D eigenvalue weighted by molar-refractivity contribution is 7.91. The molecule has 2 N–H and O–H groups in total. The normalized spacial score (nSPS) is 22.8. The van der Waals surface area contributed by atoms with Crippen molar-refractivity contribution < 1.29 is 18.3 Å². The van der Waals surface area contributed by atoms with E-state index in [-0.39, 0.29) is 22.3 Å². The molecule has 0 heterocycles. The Kier molecular flexibility index (Phi) is 5.00. The molecule has 0 aliphatic heterocycles. The first kappa shape index (κ1) is 16.0. The standard InChI is InChI=1S/C15H21NO4S/c1-2-21(19,20)14-10-6-3-7-11(14)15(18)16-12-8-4-5-9-13(12)17/h3,6-7,10,12-13,17H,2,4-5,8-9H2,1H3,(H,16,18)/t12-,13-/m0/s1. The lowest BCUT2D eigenvalue weighted by molar-refractivity contribution is 0.0715. The van der Waals surface area contributed by atoms with Crippen LogP contribution in [-0.4, -0.2) is 37.3 Å². The molecule has 0 unspecified atom stereocenters. The third-order valence-corrected chi connectivity index (χ3v) is 5.68. The van der Waals surface area contributed by atoms with Crippen molar-refractivity contribution in [2.45, 2.75) is 49.6 Å². The summed E-state index contributed by atoms with van der Waals surface area (Å²) in [6.45, 7) is 1.55. The van der Waals surface area contributed by atoms with Crippen LogP contribution < -0.4 is 5.32 Å². The first-order valence-corrected chi connectivity index (χ1v) is 8.91. The number of hydrogen-bond donors (Lipinski definition) is 2. The molecule has 2 rings (SSSR count). The van der Waals surface area contributed by atoms with Crippen LogP contribution in [0.3, 0.4) is 0 Å². The molecule has 6 heteroatoms. The number of carbonyl (C=O) groups is 1. The monoisotopic (exact) mass is 311 g/mol. The number of rotatable bonds is 4. The molecule has 5 nitrogen and oxygen atoms in total. The van der Waals surface area contributed by atoms with E-state index in [1.165, 1.54) is 12.1 Å². The van der Waals surface area contributed by atoms with Crippen molar-refractivity contribution in [1.82, 2.24) is 5.32 Å². The maximum absolute atomic E-state index is 12.4. The second-order valence-electron chi connectivity index (χ2n) is 5.33. The minimum atomic E-state index is -3.45. The van der Waals surface area contributed by atoms with Gasteiger partial charge in [0.25, 0.3) is 5.91 Å². The van der Waals surface area contributed by atoms with Crippen molar-refractivity contribution in [2.24, 2.45) is 0 Å². The molecule has 21 heavy (non-hydrogen) atoms. The molecule has 0 aromatic heterocycles. The van der Waals surface area contributed by atoms with Gasteiger partial charge in [0, 0.05) is 0 Å². The molecule has 0 saturated heterocycles. The molecule has 2 atom stereocenters. The molecule has 1 aromatic carbocycles. The highest BCUT2D eigenvalue weighted by atomic mass is 32.2. The highest BCUT2D eigenvalue weighted by Gasteiger charge is 2.27. The Hall–Kier alpha value is -1.40. The van der Waals surface area contributed by atoms with Gasteiger partial charge in [-0.15, -0.1) is 0 Å². The van der Waals surface area contributed by atoms with Gasteiger partial charge in [-0.3, -0.25) is 4.79 Å². The third-order valence-electron chi connectivity index (χ3n) is 3.89. The lowest BCUT2D eigenvalue weighted by Gasteiger charge is -2.28. The van der Waals surface area contributed by atoms with E-state index in [9.17, 15) is 18.3 Å². The van der Waals surface area contributed by atoms with Crippen molar-refractivity contribution in [1.29, 1.82) is 0 Å². The largest absolute Gasteiger partial charge is 0.391 e.